The SMILES string of the molecule is C=CCCOc1ccc(Br)cc1CNCCC. The Morgan fingerprint density at radius 1 is 1.47 bits per heavy atom. The molecule has 0 aromatic heterocycles. The van der Waals surface area contributed by atoms with E-state index in [9.17, 15) is 0 Å². The van der Waals surface area contributed by atoms with E-state index in [1.165, 1.54) is 5.56 Å². The molecule has 1 aromatic carbocycles. The predicted octanol–water partition coefficient (Wildman–Crippen LogP) is 3.90. The van der Waals surface area contributed by atoms with E-state index < -0.39 is 0 Å². The van der Waals surface area contributed by atoms with Crippen molar-refractivity contribution in [2.24, 2.45) is 0 Å². The van der Waals surface area contributed by atoms with Crippen molar-refractivity contribution in [2.45, 2.75) is 26.3 Å². The van der Waals surface area contributed by atoms with Gasteiger partial charge in [-0.15, -0.1) is 6.58 Å². The molecule has 2 nitrogen and oxygen atoms in total. The maximum absolute atomic E-state index is 5.73. The molecule has 17 heavy (non-hydrogen) atoms. The van der Waals surface area contributed by atoms with Gasteiger partial charge >= 0.3 is 0 Å². The van der Waals surface area contributed by atoms with Crippen molar-refractivity contribution in [2.75, 3.05) is 13.2 Å². The fourth-order valence-electron chi connectivity index (χ4n) is 1.48. The number of hydrogen-bond donors (Lipinski definition) is 1. The summed E-state index contributed by atoms with van der Waals surface area (Å²) in [5.41, 5.74) is 1.19. The summed E-state index contributed by atoms with van der Waals surface area (Å²) >= 11 is 3.49. The molecular weight excluding hydrogens is 278 g/mol. The van der Waals surface area contributed by atoms with Crippen LogP contribution in [0.3, 0.4) is 0 Å². The van der Waals surface area contributed by atoms with E-state index in [2.05, 4.69) is 40.8 Å². The highest BCUT2D eigenvalue weighted by Crippen LogP contribution is 2.23. The first-order chi connectivity index (χ1) is 8.27. The van der Waals surface area contributed by atoms with E-state index in [-0.39, 0.29) is 0 Å². The monoisotopic (exact) mass is 297 g/mol. The van der Waals surface area contributed by atoms with Crippen molar-refractivity contribution in [3.63, 3.8) is 0 Å². The summed E-state index contributed by atoms with van der Waals surface area (Å²) in [6.45, 7) is 8.41. The quantitative estimate of drug-likeness (QED) is 0.580. The van der Waals surface area contributed by atoms with Gasteiger partial charge in [0.05, 0.1) is 6.61 Å². The molecule has 0 aliphatic carbocycles. The normalized spacial score (nSPS) is 10.2. The van der Waals surface area contributed by atoms with Crippen molar-refractivity contribution < 1.29 is 4.74 Å². The van der Waals surface area contributed by atoms with Crippen molar-refractivity contribution in [3.8, 4) is 5.75 Å². The maximum atomic E-state index is 5.73. The van der Waals surface area contributed by atoms with E-state index >= 15 is 0 Å². The Kier molecular flexibility index (Phi) is 6.97. The molecule has 0 fully saturated rings. The molecule has 0 heterocycles. The van der Waals surface area contributed by atoms with Crippen molar-refractivity contribution in [1.82, 2.24) is 5.32 Å². The lowest BCUT2D eigenvalue weighted by atomic mass is 10.2. The molecule has 0 aliphatic rings. The highest BCUT2D eigenvalue weighted by atomic mass is 79.9. The van der Waals surface area contributed by atoms with Gasteiger partial charge in [-0.05, 0) is 37.6 Å². The van der Waals surface area contributed by atoms with Crippen LogP contribution in [0.4, 0.5) is 0 Å². The van der Waals surface area contributed by atoms with Crippen LogP contribution in [0.2, 0.25) is 0 Å². The molecule has 0 atom stereocenters. The molecular formula is C14H20BrNO. The van der Waals surface area contributed by atoms with Gasteiger partial charge in [-0.25, -0.2) is 0 Å². The summed E-state index contributed by atoms with van der Waals surface area (Å²) in [5, 5.41) is 3.39. The zero-order valence-corrected chi connectivity index (χ0v) is 11.9. The van der Waals surface area contributed by atoms with Crippen LogP contribution in [0.1, 0.15) is 25.3 Å². The molecule has 1 N–H and O–H groups in total. The van der Waals surface area contributed by atoms with Gasteiger partial charge < -0.3 is 10.1 Å². The second kappa shape index (κ2) is 8.31. The maximum Gasteiger partial charge on any atom is 0.123 e. The van der Waals surface area contributed by atoms with Gasteiger partial charge in [0.25, 0.3) is 0 Å². The highest BCUT2D eigenvalue weighted by Gasteiger charge is 2.04. The smallest absolute Gasteiger partial charge is 0.123 e. The number of benzene rings is 1. The van der Waals surface area contributed by atoms with Crippen LogP contribution in [0.15, 0.2) is 35.3 Å². The van der Waals surface area contributed by atoms with Gasteiger partial charge in [0.15, 0.2) is 0 Å². The van der Waals surface area contributed by atoms with E-state index in [4.69, 9.17) is 4.74 Å². The third kappa shape index (κ3) is 5.37. The van der Waals surface area contributed by atoms with Gasteiger partial charge in [-0.2, -0.15) is 0 Å². The molecule has 94 valence electrons. The summed E-state index contributed by atoms with van der Waals surface area (Å²) in [6.07, 6.45) is 3.88. The Morgan fingerprint density at radius 3 is 3.00 bits per heavy atom. The van der Waals surface area contributed by atoms with Crippen LogP contribution in [0, 0.1) is 0 Å². The van der Waals surface area contributed by atoms with Crippen molar-refractivity contribution >= 4 is 15.9 Å². The Hall–Kier alpha value is -0.800. The van der Waals surface area contributed by atoms with Gasteiger partial charge in [0, 0.05) is 16.6 Å². The number of rotatable bonds is 8. The molecule has 0 unspecified atom stereocenters. The fraction of sp³-hybridized carbons (Fsp3) is 0.429. The summed E-state index contributed by atoms with van der Waals surface area (Å²) in [5.74, 6) is 0.957. The topological polar surface area (TPSA) is 21.3 Å². The second-order valence-electron chi connectivity index (χ2n) is 3.85. The lowest BCUT2D eigenvalue weighted by molar-refractivity contribution is 0.320. The summed E-state index contributed by atoms with van der Waals surface area (Å²) in [7, 11) is 0. The first-order valence-electron chi connectivity index (χ1n) is 6.00. The molecule has 0 amide bonds. The highest BCUT2D eigenvalue weighted by molar-refractivity contribution is 9.10. The Balaban J connectivity index is 2.62. The number of hydrogen-bond acceptors (Lipinski definition) is 2. The minimum Gasteiger partial charge on any atom is -0.493 e. The predicted molar refractivity (Wildman–Crippen MR) is 76.4 cm³/mol. The molecule has 0 saturated heterocycles. The van der Waals surface area contributed by atoms with Gasteiger partial charge in [-0.1, -0.05) is 28.9 Å². The van der Waals surface area contributed by atoms with Crippen LogP contribution in [-0.2, 0) is 6.54 Å². The first kappa shape index (κ1) is 14.3. The Morgan fingerprint density at radius 2 is 2.29 bits per heavy atom. The van der Waals surface area contributed by atoms with Crippen LogP contribution in [0.5, 0.6) is 5.75 Å². The third-order valence-electron chi connectivity index (χ3n) is 2.34. The van der Waals surface area contributed by atoms with E-state index in [1.807, 2.05) is 18.2 Å². The summed E-state index contributed by atoms with van der Waals surface area (Å²) < 4.78 is 6.82. The molecule has 1 aromatic rings. The molecule has 0 radical (unpaired) electrons. The third-order valence-corrected chi connectivity index (χ3v) is 2.84. The molecule has 0 saturated carbocycles. The van der Waals surface area contributed by atoms with Crippen LogP contribution in [-0.4, -0.2) is 13.2 Å². The van der Waals surface area contributed by atoms with E-state index in [0.29, 0.717) is 6.61 Å². The minimum atomic E-state index is 0.686. The lowest BCUT2D eigenvalue weighted by Gasteiger charge is -2.12. The largest absolute Gasteiger partial charge is 0.493 e. The lowest BCUT2D eigenvalue weighted by Crippen LogP contribution is -2.14. The van der Waals surface area contributed by atoms with E-state index in [1.54, 1.807) is 0 Å². The Bertz CT molecular complexity index is 352. The number of halogens is 1. The summed E-state index contributed by atoms with van der Waals surface area (Å²) in [4.78, 5) is 0. The molecule has 0 spiro atoms. The summed E-state index contributed by atoms with van der Waals surface area (Å²) in [6, 6.07) is 6.12. The number of ether oxygens (including phenoxy) is 1. The van der Waals surface area contributed by atoms with Gasteiger partial charge in [0.2, 0.25) is 0 Å². The molecule has 0 bridgehead atoms. The molecule has 3 heteroatoms. The zero-order valence-electron chi connectivity index (χ0n) is 10.3. The standard InChI is InChI=1S/C14H20BrNO/c1-3-5-9-17-14-7-6-13(15)10-12(14)11-16-8-4-2/h3,6-7,10,16H,1,4-5,8-9,11H2,2H3. The first-order valence-corrected chi connectivity index (χ1v) is 6.80. The van der Waals surface area contributed by atoms with Gasteiger partial charge in [0.1, 0.15) is 5.75 Å². The van der Waals surface area contributed by atoms with Crippen molar-refractivity contribution in [3.05, 3.63) is 40.9 Å². The van der Waals surface area contributed by atoms with Crippen LogP contribution < -0.4 is 10.1 Å². The Labute approximate surface area is 112 Å². The zero-order chi connectivity index (χ0) is 12.5. The molecule has 0 aliphatic heterocycles. The molecule has 1 rings (SSSR count). The average Bonchev–Trinajstić information content (AvgIpc) is 2.32. The average molecular weight is 298 g/mol. The van der Waals surface area contributed by atoms with Crippen LogP contribution in [0.25, 0.3) is 0 Å². The number of nitrogens with one attached hydrogen (secondary N) is 1. The minimum absolute atomic E-state index is 0.686. The fourth-order valence-corrected chi connectivity index (χ4v) is 1.89. The van der Waals surface area contributed by atoms with Crippen LogP contribution >= 0.6 is 15.9 Å². The second-order valence-corrected chi connectivity index (χ2v) is 4.77. The van der Waals surface area contributed by atoms with E-state index in [0.717, 1.165) is 36.2 Å². The van der Waals surface area contributed by atoms with Crippen molar-refractivity contribution in [1.29, 1.82) is 0 Å². The van der Waals surface area contributed by atoms with Gasteiger partial charge in [-0.3, -0.25) is 0 Å².